The predicted molar refractivity (Wildman–Crippen MR) is 114 cm³/mol. The summed E-state index contributed by atoms with van der Waals surface area (Å²) in [4.78, 5) is 25.3. The lowest BCUT2D eigenvalue weighted by Crippen LogP contribution is -2.30. The van der Waals surface area contributed by atoms with Crippen LogP contribution in [0.2, 0.25) is 0 Å². The molecule has 2 aromatic rings. The maximum absolute atomic E-state index is 12.2. The van der Waals surface area contributed by atoms with Crippen LogP contribution in [-0.4, -0.2) is 29.6 Å². The van der Waals surface area contributed by atoms with E-state index in [1.807, 2.05) is 43.5 Å². The third kappa shape index (κ3) is 6.61. The van der Waals surface area contributed by atoms with Crippen LogP contribution in [-0.2, 0) is 27.3 Å². The van der Waals surface area contributed by atoms with Crippen molar-refractivity contribution in [1.82, 2.24) is 9.88 Å². The number of nitrogens with one attached hydrogen (secondary N) is 1. The smallest absolute Gasteiger partial charge is 0.349 e. The molecule has 0 aliphatic heterocycles. The van der Waals surface area contributed by atoms with Crippen molar-refractivity contribution >= 4 is 29.3 Å². The summed E-state index contributed by atoms with van der Waals surface area (Å²) in [6.45, 7) is 9.16. The third-order valence-corrected chi connectivity index (χ3v) is 5.34. The molecule has 2 rings (SSSR count). The van der Waals surface area contributed by atoms with Crippen molar-refractivity contribution in [2.45, 2.75) is 40.7 Å². The number of aryl methyl sites for hydroxylation is 1. The molecule has 0 aliphatic carbocycles. The summed E-state index contributed by atoms with van der Waals surface area (Å²) in [6.07, 6.45) is 2.25. The number of ether oxygens (including phenoxy) is 1. The van der Waals surface area contributed by atoms with E-state index < -0.39 is 12.6 Å². The van der Waals surface area contributed by atoms with Crippen molar-refractivity contribution in [3.63, 3.8) is 0 Å². The number of hydrogen-bond acceptors (Lipinski definition) is 5. The van der Waals surface area contributed by atoms with Gasteiger partial charge in [-0.15, -0.1) is 11.3 Å². The molecule has 0 unspecified atom stereocenters. The van der Waals surface area contributed by atoms with Gasteiger partial charge in [0.1, 0.15) is 11.6 Å². The van der Waals surface area contributed by atoms with Crippen molar-refractivity contribution in [2.24, 2.45) is 5.92 Å². The number of carbonyl (C=O) groups excluding carboxylic acids is 2. The van der Waals surface area contributed by atoms with Crippen molar-refractivity contribution in [3.8, 4) is 6.07 Å². The lowest BCUT2D eigenvalue weighted by atomic mass is 10.1. The zero-order valence-electron chi connectivity index (χ0n) is 17.3. The summed E-state index contributed by atoms with van der Waals surface area (Å²) in [5.74, 6) is -0.702. The van der Waals surface area contributed by atoms with Gasteiger partial charge in [0.05, 0.1) is 0 Å². The molecular formula is C22H27N3O3S. The fourth-order valence-electron chi connectivity index (χ4n) is 2.95. The molecule has 1 amide bonds. The molecule has 0 spiro atoms. The van der Waals surface area contributed by atoms with Crippen LogP contribution in [0.15, 0.2) is 29.2 Å². The monoisotopic (exact) mass is 413 g/mol. The van der Waals surface area contributed by atoms with Crippen molar-refractivity contribution in [2.75, 3.05) is 13.2 Å². The van der Waals surface area contributed by atoms with Gasteiger partial charge in [-0.1, -0.05) is 19.9 Å². The molecule has 0 fully saturated rings. The highest BCUT2D eigenvalue weighted by molar-refractivity contribution is 7.09. The van der Waals surface area contributed by atoms with Gasteiger partial charge in [-0.3, -0.25) is 4.79 Å². The molecule has 29 heavy (non-hydrogen) atoms. The molecule has 154 valence electrons. The zero-order valence-corrected chi connectivity index (χ0v) is 18.1. The number of amides is 1. The second-order valence-electron chi connectivity index (χ2n) is 7.26. The molecule has 0 saturated heterocycles. The van der Waals surface area contributed by atoms with Crippen LogP contribution in [0.25, 0.3) is 6.08 Å². The van der Waals surface area contributed by atoms with Gasteiger partial charge in [0.25, 0.3) is 5.91 Å². The summed E-state index contributed by atoms with van der Waals surface area (Å²) in [5, 5.41) is 14.0. The zero-order chi connectivity index (χ0) is 21.4. The third-order valence-electron chi connectivity index (χ3n) is 4.41. The van der Waals surface area contributed by atoms with Gasteiger partial charge in [-0.2, -0.15) is 5.26 Å². The van der Waals surface area contributed by atoms with E-state index in [-0.39, 0.29) is 11.5 Å². The standard InChI is InChI=1S/C22H27N3O3S/c1-15(2)13-25-16(3)10-18(17(25)4)11-19(12-23)22(27)28-14-21(26)24-8-7-20-6-5-9-29-20/h5-6,9-11,15H,7-8,13-14H2,1-4H3,(H,24,26)/b19-11+. The van der Waals surface area contributed by atoms with E-state index in [1.54, 1.807) is 11.3 Å². The van der Waals surface area contributed by atoms with Crippen LogP contribution in [0, 0.1) is 31.1 Å². The van der Waals surface area contributed by atoms with Gasteiger partial charge in [0.15, 0.2) is 6.61 Å². The van der Waals surface area contributed by atoms with E-state index in [1.165, 1.54) is 11.0 Å². The number of aromatic nitrogens is 1. The summed E-state index contributed by atoms with van der Waals surface area (Å²) < 4.78 is 7.18. The molecule has 6 nitrogen and oxygen atoms in total. The molecule has 0 aliphatic rings. The average Bonchev–Trinajstić information content (AvgIpc) is 3.28. The Morgan fingerprint density at radius 1 is 1.38 bits per heavy atom. The van der Waals surface area contributed by atoms with E-state index in [2.05, 4.69) is 23.7 Å². The van der Waals surface area contributed by atoms with E-state index in [9.17, 15) is 14.9 Å². The van der Waals surface area contributed by atoms with Gasteiger partial charge in [0, 0.05) is 29.4 Å². The van der Waals surface area contributed by atoms with Gasteiger partial charge in [-0.25, -0.2) is 4.79 Å². The lowest BCUT2D eigenvalue weighted by molar-refractivity contribution is -0.144. The Morgan fingerprint density at radius 2 is 2.14 bits per heavy atom. The first kappa shape index (κ1) is 22.4. The van der Waals surface area contributed by atoms with Crippen LogP contribution in [0.3, 0.4) is 0 Å². The Balaban J connectivity index is 1.93. The largest absolute Gasteiger partial charge is 0.451 e. The summed E-state index contributed by atoms with van der Waals surface area (Å²) >= 11 is 1.63. The number of thiophene rings is 1. The van der Waals surface area contributed by atoms with E-state index in [0.29, 0.717) is 12.5 Å². The second kappa shape index (κ2) is 10.6. The quantitative estimate of drug-likeness (QED) is 0.386. The molecule has 7 heteroatoms. The highest BCUT2D eigenvalue weighted by atomic mass is 32.1. The Bertz CT molecular complexity index is 918. The van der Waals surface area contributed by atoms with Gasteiger partial charge in [0.2, 0.25) is 0 Å². The Kier molecular flexibility index (Phi) is 8.22. The highest BCUT2D eigenvalue weighted by Gasteiger charge is 2.16. The minimum Gasteiger partial charge on any atom is -0.451 e. The highest BCUT2D eigenvalue weighted by Crippen LogP contribution is 2.20. The maximum atomic E-state index is 12.2. The molecule has 0 saturated carbocycles. The van der Waals surface area contributed by atoms with Crippen LogP contribution in [0.5, 0.6) is 0 Å². The fourth-order valence-corrected chi connectivity index (χ4v) is 3.66. The van der Waals surface area contributed by atoms with Gasteiger partial charge >= 0.3 is 5.97 Å². The molecule has 2 aromatic heterocycles. The minimum atomic E-state index is -0.797. The average molecular weight is 414 g/mol. The minimum absolute atomic E-state index is 0.124. The first-order valence-electron chi connectivity index (χ1n) is 9.56. The normalized spacial score (nSPS) is 11.4. The van der Waals surface area contributed by atoms with Gasteiger partial charge < -0.3 is 14.6 Å². The Hall–Kier alpha value is -2.85. The molecule has 1 N–H and O–H groups in total. The fraction of sp³-hybridized carbons (Fsp3) is 0.409. The first-order valence-corrected chi connectivity index (χ1v) is 10.4. The van der Waals surface area contributed by atoms with Crippen LogP contribution in [0.4, 0.5) is 0 Å². The Morgan fingerprint density at radius 3 is 2.76 bits per heavy atom. The molecule has 0 atom stereocenters. The summed E-state index contributed by atoms with van der Waals surface area (Å²) in [5.41, 5.74) is 2.74. The number of nitrogens with zero attached hydrogens (tertiary/aromatic N) is 2. The van der Waals surface area contributed by atoms with Crippen LogP contribution in [0.1, 0.15) is 35.7 Å². The number of nitriles is 1. The second-order valence-corrected chi connectivity index (χ2v) is 8.29. The van der Waals surface area contributed by atoms with Crippen LogP contribution >= 0.6 is 11.3 Å². The molecule has 0 bridgehead atoms. The van der Waals surface area contributed by atoms with Crippen molar-refractivity contribution in [3.05, 3.63) is 51.0 Å². The van der Waals surface area contributed by atoms with Crippen molar-refractivity contribution in [1.29, 1.82) is 5.26 Å². The first-order chi connectivity index (χ1) is 13.8. The number of esters is 1. The van der Waals surface area contributed by atoms with Gasteiger partial charge in [-0.05, 0) is 55.3 Å². The number of carbonyl (C=O) groups is 2. The summed E-state index contributed by atoms with van der Waals surface area (Å²) in [7, 11) is 0. The topological polar surface area (TPSA) is 84.1 Å². The van der Waals surface area contributed by atoms with E-state index in [0.717, 1.165) is 29.9 Å². The van der Waals surface area contributed by atoms with E-state index >= 15 is 0 Å². The van der Waals surface area contributed by atoms with Crippen LogP contribution < -0.4 is 5.32 Å². The number of hydrogen-bond donors (Lipinski definition) is 1. The molecular weight excluding hydrogens is 386 g/mol. The number of rotatable bonds is 9. The summed E-state index contributed by atoms with van der Waals surface area (Å²) in [6, 6.07) is 7.78. The van der Waals surface area contributed by atoms with Crippen molar-refractivity contribution < 1.29 is 14.3 Å². The van der Waals surface area contributed by atoms with E-state index in [4.69, 9.17) is 4.74 Å². The SMILES string of the molecule is Cc1cc(/C=C(\C#N)C(=O)OCC(=O)NCCc2cccs2)c(C)n1CC(C)C. The molecule has 0 aromatic carbocycles. The Labute approximate surface area is 175 Å². The molecule has 0 radical (unpaired) electrons. The lowest BCUT2D eigenvalue weighted by Gasteiger charge is -2.12. The maximum Gasteiger partial charge on any atom is 0.349 e. The molecule has 2 heterocycles. The predicted octanol–water partition coefficient (Wildman–Crippen LogP) is 3.63.